The molecular formula is C22H18N4O4S. The predicted octanol–water partition coefficient (Wildman–Crippen LogP) is 5.06. The fraction of sp³-hybridized carbons (Fsp3) is 0.0455. The van der Waals surface area contributed by atoms with Gasteiger partial charge in [-0.2, -0.15) is 13.5 Å². The minimum atomic E-state index is -4.47. The molecule has 0 aliphatic heterocycles. The van der Waals surface area contributed by atoms with Gasteiger partial charge in [0.05, 0.1) is 11.4 Å². The lowest BCUT2D eigenvalue weighted by Crippen LogP contribution is -2.01. The van der Waals surface area contributed by atoms with Gasteiger partial charge in [0.25, 0.3) is 10.1 Å². The Balaban J connectivity index is 1.64. The Morgan fingerprint density at radius 1 is 0.935 bits per heavy atom. The number of benzene rings is 3. The zero-order valence-corrected chi connectivity index (χ0v) is 17.0. The first-order valence-electron chi connectivity index (χ1n) is 9.24. The van der Waals surface area contributed by atoms with Gasteiger partial charge < -0.3 is 10.5 Å². The van der Waals surface area contributed by atoms with Gasteiger partial charge in [-0.15, -0.1) is 5.11 Å². The molecule has 1 heterocycles. The Labute approximate surface area is 178 Å². The van der Waals surface area contributed by atoms with Gasteiger partial charge in [-0.05, 0) is 35.9 Å². The number of hydrogen-bond acceptors (Lipinski definition) is 7. The lowest BCUT2D eigenvalue weighted by Gasteiger charge is -2.09. The van der Waals surface area contributed by atoms with Crippen LogP contribution in [0.1, 0.15) is 5.56 Å². The molecule has 0 spiro atoms. The summed E-state index contributed by atoms with van der Waals surface area (Å²) in [6.07, 6.45) is 3.39. The Kier molecular flexibility index (Phi) is 5.61. The summed E-state index contributed by atoms with van der Waals surface area (Å²) < 4.78 is 39.1. The summed E-state index contributed by atoms with van der Waals surface area (Å²) in [4.78, 5) is 3.69. The van der Waals surface area contributed by atoms with E-state index in [0.29, 0.717) is 28.8 Å². The highest BCUT2D eigenvalue weighted by Crippen LogP contribution is 2.36. The van der Waals surface area contributed by atoms with E-state index in [1.807, 2.05) is 12.1 Å². The second-order valence-electron chi connectivity index (χ2n) is 6.67. The number of ether oxygens (including phenoxy) is 1. The molecule has 31 heavy (non-hydrogen) atoms. The second kappa shape index (κ2) is 8.50. The van der Waals surface area contributed by atoms with Crippen LogP contribution in [0, 0.1) is 0 Å². The molecule has 156 valence electrons. The Hall–Kier alpha value is -3.82. The van der Waals surface area contributed by atoms with E-state index < -0.39 is 10.1 Å². The molecule has 0 aliphatic carbocycles. The largest absolute Gasteiger partial charge is 0.489 e. The standard InChI is InChI=1S/C22H18N4O4S/c23-22-19-7-2-1-6-18(19)21(31(27,28)29)13-20(22)26-25-16-4-3-5-17(12-16)30-14-15-8-10-24-11-9-15/h1-13H,14,23H2,(H,27,28,29). The number of nitrogen functional groups attached to an aromatic ring is 1. The maximum absolute atomic E-state index is 11.8. The first-order valence-corrected chi connectivity index (χ1v) is 10.7. The summed E-state index contributed by atoms with van der Waals surface area (Å²) >= 11 is 0. The van der Waals surface area contributed by atoms with Gasteiger partial charge in [0.15, 0.2) is 0 Å². The second-order valence-corrected chi connectivity index (χ2v) is 8.06. The normalized spacial score (nSPS) is 11.8. The molecule has 3 N–H and O–H groups in total. The number of aromatic nitrogens is 1. The molecule has 0 radical (unpaired) electrons. The van der Waals surface area contributed by atoms with E-state index in [-0.39, 0.29) is 16.3 Å². The lowest BCUT2D eigenvalue weighted by molar-refractivity contribution is 0.306. The third-order valence-electron chi connectivity index (χ3n) is 4.55. The summed E-state index contributed by atoms with van der Waals surface area (Å²) in [6.45, 7) is 0.373. The fourth-order valence-electron chi connectivity index (χ4n) is 3.04. The number of fused-ring (bicyclic) bond motifs is 1. The summed E-state index contributed by atoms with van der Waals surface area (Å²) in [5.74, 6) is 0.596. The van der Waals surface area contributed by atoms with Crippen LogP contribution in [0.15, 0.2) is 94.2 Å². The van der Waals surface area contributed by atoms with Crippen LogP contribution in [0.3, 0.4) is 0 Å². The lowest BCUT2D eigenvalue weighted by atomic mass is 10.1. The van der Waals surface area contributed by atoms with Crippen molar-refractivity contribution < 1.29 is 17.7 Å². The van der Waals surface area contributed by atoms with Crippen LogP contribution >= 0.6 is 0 Å². The smallest absolute Gasteiger partial charge is 0.295 e. The summed E-state index contributed by atoms with van der Waals surface area (Å²) in [6, 6.07) is 18.5. The number of hydrogen-bond donors (Lipinski definition) is 2. The molecule has 4 aromatic rings. The van der Waals surface area contributed by atoms with E-state index >= 15 is 0 Å². The third kappa shape index (κ3) is 4.68. The molecule has 8 nitrogen and oxygen atoms in total. The Morgan fingerprint density at radius 3 is 2.42 bits per heavy atom. The molecule has 0 unspecified atom stereocenters. The maximum atomic E-state index is 11.8. The monoisotopic (exact) mass is 434 g/mol. The van der Waals surface area contributed by atoms with Gasteiger partial charge in [0.1, 0.15) is 22.9 Å². The molecular weight excluding hydrogens is 416 g/mol. The van der Waals surface area contributed by atoms with Gasteiger partial charge in [0, 0.05) is 29.2 Å². The van der Waals surface area contributed by atoms with Gasteiger partial charge in [-0.1, -0.05) is 30.3 Å². The van der Waals surface area contributed by atoms with Crippen molar-refractivity contribution in [3.05, 3.63) is 84.7 Å². The van der Waals surface area contributed by atoms with E-state index in [0.717, 1.165) is 5.56 Å². The van der Waals surface area contributed by atoms with Gasteiger partial charge in [-0.3, -0.25) is 9.54 Å². The van der Waals surface area contributed by atoms with Crippen molar-refractivity contribution in [3.8, 4) is 5.75 Å². The molecule has 4 rings (SSSR count). The topological polar surface area (TPSA) is 127 Å². The third-order valence-corrected chi connectivity index (χ3v) is 5.44. The van der Waals surface area contributed by atoms with Crippen molar-refractivity contribution in [3.63, 3.8) is 0 Å². The van der Waals surface area contributed by atoms with E-state index in [1.165, 1.54) is 6.07 Å². The number of anilines is 1. The van der Waals surface area contributed by atoms with Crippen LogP contribution in [0.2, 0.25) is 0 Å². The zero-order chi connectivity index (χ0) is 21.8. The average Bonchev–Trinajstić information content (AvgIpc) is 2.77. The van der Waals surface area contributed by atoms with E-state index in [9.17, 15) is 13.0 Å². The summed E-state index contributed by atoms with van der Waals surface area (Å²) in [5.41, 5.74) is 8.04. The average molecular weight is 434 g/mol. The maximum Gasteiger partial charge on any atom is 0.295 e. The van der Waals surface area contributed by atoms with Crippen LogP contribution in [-0.4, -0.2) is 18.0 Å². The van der Waals surface area contributed by atoms with Crippen molar-refractivity contribution >= 4 is 38.0 Å². The minimum absolute atomic E-state index is 0.134. The molecule has 0 atom stereocenters. The van der Waals surface area contributed by atoms with Crippen LogP contribution in [0.4, 0.5) is 17.1 Å². The highest BCUT2D eigenvalue weighted by atomic mass is 32.2. The van der Waals surface area contributed by atoms with Gasteiger partial charge >= 0.3 is 0 Å². The number of nitrogens with zero attached hydrogens (tertiary/aromatic N) is 3. The van der Waals surface area contributed by atoms with E-state index in [1.54, 1.807) is 60.9 Å². The molecule has 0 amide bonds. The summed E-state index contributed by atoms with van der Waals surface area (Å²) in [7, 11) is -4.47. The van der Waals surface area contributed by atoms with Crippen molar-refractivity contribution in [1.29, 1.82) is 0 Å². The number of rotatable bonds is 6. The Bertz CT molecular complexity index is 1370. The van der Waals surface area contributed by atoms with Crippen LogP contribution < -0.4 is 10.5 Å². The molecule has 0 saturated heterocycles. The van der Waals surface area contributed by atoms with Gasteiger partial charge in [-0.25, -0.2) is 0 Å². The van der Waals surface area contributed by atoms with Crippen molar-refractivity contribution in [2.24, 2.45) is 10.2 Å². The molecule has 0 fully saturated rings. The molecule has 9 heteroatoms. The highest BCUT2D eigenvalue weighted by Gasteiger charge is 2.18. The number of azo groups is 1. The SMILES string of the molecule is Nc1c(N=Nc2cccc(OCc3ccncc3)c2)cc(S(=O)(=O)O)c2ccccc12. The van der Waals surface area contributed by atoms with E-state index in [2.05, 4.69) is 15.2 Å². The van der Waals surface area contributed by atoms with Crippen LogP contribution in [0.25, 0.3) is 10.8 Å². The molecule has 0 saturated carbocycles. The predicted molar refractivity (Wildman–Crippen MR) is 117 cm³/mol. The minimum Gasteiger partial charge on any atom is -0.489 e. The first kappa shape index (κ1) is 20.5. The van der Waals surface area contributed by atoms with Crippen molar-refractivity contribution in [1.82, 2.24) is 4.98 Å². The fourth-order valence-corrected chi connectivity index (χ4v) is 3.76. The molecule has 0 aliphatic rings. The number of pyridine rings is 1. The molecule has 3 aromatic carbocycles. The van der Waals surface area contributed by atoms with Gasteiger partial charge in [0.2, 0.25) is 0 Å². The molecule has 0 bridgehead atoms. The van der Waals surface area contributed by atoms with Crippen LogP contribution in [-0.2, 0) is 16.7 Å². The zero-order valence-electron chi connectivity index (χ0n) is 16.2. The van der Waals surface area contributed by atoms with Crippen molar-refractivity contribution in [2.75, 3.05) is 5.73 Å². The van der Waals surface area contributed by atoms with Crippen molar-refractivity contribution in [2.45, 2.75) is 11.5 Å². The van der Waals surface area contributed by atoms with Crippen LogP contribution in [0.5, 0.6) is 5.75 Å². The van der Waals surface area contributed by atoms with E-state index in [4.69, 9.17) is 10.5 Å². The first-order chi connectivity index (χ1) is 14.9. The highest BCUT2D eigenvalue weighted by molar-refractivity contribution is 7.86. The molecule has 1 aromatic heterocycles. The number of nitrogens with two attached hydrogens (primary N) is 1. The Morgan fingerprint density at radius 2 is 1.68 bits per heavy atom. The summed E-state index contributed by atoms with van der Waals surface area (Å²) in [5, 5.41) is 9.05. The quantitative estimate of drug-likeness (QED) is 0.248.